The molecule has 1 aliphatic heterocycles. The summed E-state index contributed by atoms with van der Waals surface area (Å²) in [5.41, 5.74) is 1.43. The maximum Gasteiger partial charge on any atom is 0.119 e. The van der Waals surface area contributed by atoms with Gasteiger partial charge >= 0.3 is 0 Å². The van der Waals surface area contributed by atoms with E-state index in [1.165, 1.54) is 63.7 Å². The lowest BCUT2D eigenvalue weighted by Gasteiger charge is -2.30. The second-order valence-electron chi connectivity index (χ2n) is 6.34. The molecule has 1 unspecified atom stereocenters. The van der Waals surface area contributed by atoms with E-state index in [0.29, 0.717) is 12.5 Å². The minimum absolute atomic E-state index is 0.0653. The van der Waals surface area contributed by atoms with Gasteiger partial charge in [0, 0.05) is 6.54 Å². The smallest absolute Gasteiger partial charge is 0.119 e. The quantitative estimate of drug-likeness (QED) is 0.753. The minimum Gasteiger partial charge on any atom is -0.491 e. The molecule has 2 rings (SSSR count). The number of piperidine rings is 1. The van der Waals surface area contributed by atoms with Crippen LogP contribution in [0.5, 0.6) is 5.75 Å². The summed E-state index contributed by atoms with van der Waals surface area (Å²) in [5, 5.41) is 8.82. The lowest BCUT2D eigenvalue weighted by atomic mass is 9.92. The number of hydrogen-bond donors (Lipinski definition) is 1. The van der Waals surface area contributed by atoms with E-state index in [1.807, 2.05) is 12.1 Å². The summed E-state index contributed by atoms with van der Waals surface area (Å²) >= 11 is 0. The highest BCUT2D eigenvalue weighted by molar-refractivity contribution is 5.29. The van der Waals surface area contributed by atoms with E-state index in [-0.39, 0.29) is 6.61 Å². The van der Waals surface area contributed by atoms with Gasteiger partial charge in [-0.1, -0.05) is 38.3 Å². The first kappa shape index (κ1) is 17.3. The average molecular weight is 305 g/mol. The highest BCUT2D eigenvalue weighted by atomic mass is 16.5. The van der Waals surface area contributed by atoms with Gasteiger partial charge in [-0.15, -0.1) is 0 Å². The molecule has 0 bridgehead atoms. The standard InChI is InChI=1S/C19H31NO2/c1-2-3-7-18(16-20-12-5-4-6-13-20)17-8-10-19(11-9-17)22-15-14-21/h8-11,18,21H,2-7,12-16H2,1H3. The van der Waals surface area contributed by atoms with Crippen molar-refractivity contribution < 1.29 is 9.84 Å². The van der Waals surface area contributed by atoms with Crippen LogP contribution in [0.4, 0.5) is 0 Å². The van der Waals surface area contributed by atoms with Crippen molar-refractivity contribution in [3.8, 4) is 5.75 Å². The first-order valence-electron chi connectivity index (χ1n) is 8.89. The fourth-order valence-electron chi connectivity index (χ4n) is 3.27. The lowest BCUT2D eigenvalue weighted by Crippen LogP contribution is -2.33. The minimum atomic E-state index is 0.0653. The Bertz CT molecular complexity index is 398. The third-order valence-electron chi connectivity index (χ3n) is 4.54. The van der Waals surface area contributed by atoms with Gasteiger partial charge in [0.25, 0.3) is 0 Å². The third-order valence-corrected chi connectivity index (χ3v) is 4.54. The predicted molar refractivity (Wildman–Crippen MR) is 91.6 cm³/mol. The summed E-state index contributed by atoms with van der Waals surface area (Å²) in [6.07, 6.45) is 7.93. The molecule has 1 aliphatic rings. The molecule has 3 nitrogen and oxygen atoms in total. The molecule has 0 radical (unpaired) electrons. The van der Waals surface area contributed by atoms with E-state index in [9.17, 15) is 0 Å². The summed E-state index contributed by atoms with van der Waals surface area (Å²) in [7, 11) is 0. The molecule has 22 heavy (non-hydrogen) atoms. The van der Waals surface area contributed by atoms with Crippen LogP contribution in [0.15, 0.2) is 24.3 Å². The van der Waals surface area contributed by atoms with Crippen LogP contribution < -0.4 is 4.74 Å². The Hall–Kier alpha value is -1.06. The Balaban J connectivity index is 1.96. The van der Waals surface area contributed by atoms with E-state index in [4.69, 9.17) is 9.84 Å². The van der Waals surface area contributed by atoms with Crippen LogP contribution in [0, 0.1) is 0 Å². The zero-order valence-corrected chi connectivity index (χ0v) is 14.0. The summed E-state index contributed by atoms with van der Waals surface area (Å²) < 4.78 is 5.46. The van der Waals surface area contributed by atoms with Crippen molar-refractivity contribution in [2.75, 3.05) is 32.8 Å². The fraction of sp³-hybridized carbons (Fsp3) is 0.684. The molecule has 1 aromatic carbocycles. The predicted octanol–water partition coefficient (Wildman–Crippen LogP) is 3.82. The van der Waals surface area contributed by atoms with Gasteiger partial charge in [-0.3, -0.25) is 0 Å². The van der Waals surface area contributed by atoms with E-state index in [2.05, 4.69) is 24.0 Å². The van der Waals surface area contributed by atoms with Crippen LogP contribution in [-0.2, 0) is 0 Å². The zero-order valence-electron chi connectivity index (χ0n) is 14.0. The molecule has 1 N–H and O–H groups in total. The molecular weight excluding hydrogens is 274 g/mol. The van der Waals surface area contributed by atoms with E-state index in [0.717, 1.165) is 5.75 Å². The van der Waals surface area contributed by atoms with E-state index >= 15 is 0 Å². The molecule has 1 atom stereocenters. The summed E-state index contributed by atoms with van der Waals surface area (Å²) in [6, 6.07) is 8.49. The molecule has 0 aromatic heterocycles. The lowest BCUT2D eigenvalue weighted by molar-refractivity contribution is 0.201. The largest absolute Gasteiger partial charge is 0.491 e. The Morgan fingerprint density at radius 2 is 1.86 bits per heavy atom. The maximum absolute atomic E-state index is 8.82. The van der Waals surface area contributed by atoms with Gasteiger partial charge in [0.1, 0.15) is 12.4 Å². The summed E-state index contributed by atoms with van der Waals surface area (Å²) in [5.74, 6) is 1.48. The monoisotopic (exact) mass is 305 g/mol. The normalized spacial score (nSPS) is 17.4. The number of aliphatic hydroxyl groups is 1. The molecule has 3 heteroatoms. The molecule has 124 valence electrons. The van der Waals surface area contributed by atoms with Crippen LogP contribution in [0.3, 0.4) is 0 Å². The number of rotatable bonds is 9. The molecular formula is C19H31NO2. The number of likely N-dealkylation sites (tertiary alicyclic amines) is 1. The first-order chi connectivity index (χ1) is 10.8. The Morgan fingerprint density at radius 1 is 1.14 bits per heavy atom. The van der Waals surface area contributed by atoms with Crippen LogP contribution in [0.2, 0.25) is 0 Å². The second-order valence-corrected chi connectivity index (χ2v) is 6.34. The zero-order chi connectivity index (χ0) is 15.6. The van der Waals surface area contributed by atoms with Crippen molar-refractivity contribution in [2.45, 2.75) is 51.4 Å². The average Bonchev–Trinajstić information content (AvgIpc) is 2.58. The van der Waals surface area contributed by atoms with Crippen LogP contribution >= 0.6 is 0 Å². The van der Waals surface area contributed by atoms with Crippen LogP contribution in [0.25, 0.3) is 0 Å². The van der Waals surface area contributed by atoms with Gasteiger partial charge in [-0.2, -0.15) is 0 Å². The summed E-state index contributed by atoms with van der Waals surface area (Å²) in [4.78, 5) is 2.64. The number of unbranched alkanes of at least 4 members (excludes halogenated alkanes) is 1. The molecule has 1 heterocycles. The Labute approximate surface area is 135 Å². The van der Waals surface area contributed by atoms with Gasteiger partial charge < -0.3 is 14.7 Å². The molecule has 0 amide bonds. The molecule has 1 fully saturated rings. The number of nitrogens with zero attached hydrogens (tertiary/aromatic N) is 1. The van der Waals surface area contributed by atoms with Crippen LogP contribution in [-0.4, -0.2) is 42.9 Å². The Kier molecular flexibility index (Phi) is 7.75. The highest BCUT2D eigenvalue weighted by Gasteiger charge is 2.17. The van der Waals surface area contributed by atoms with Gasteiger partial charge in [0.15, 0.2) is 0 Å². The van der Waals surface area contributed by atoms with Crippen molar-refractivity contribution >= 4 is 0 Å². The third kappa shape index (κ3) is 5.62. The molecule has 1 aromatic rings. The van der Waals surface area contributed by atoms with Crippen molar-refractivity contribution in [3.05, 3.63) is 29.8 Å². The van der Waals surface area contributed by atoms with Gasteiger partial charge in [-0.05, 0) is 56.0 Å². The van der Waals surface area contributed by atoms with Crippen LogP contribution in [0.1, 0.15) is 56.9 Å². The number of ether oxygens (including phenoxy) is 1. The van der Waals surface area contributed by atoms with Gasteiger partial charge in [-0.25, -0.2) is 0 Å². The SMILES string of the molecule is CCCCC(CN1CCCCC1)c1ccc(OCCO)cc1. The maximum atomic E-state index is 8.82. The van der Waals surface area contributed by atoms with E-state index in [1.54, 1.807) is 0 Å². The highest BCUT2D eigenvalue weighted by Crippen LogP contribution is 2.26. The molecule has 1 saturated heterocycles. The fourth-order valence-corrected chi connectivity index (χ4v) is 3.27. The molecule has 0 saturated carbocycles. The van der Waals surface area contributed by atoms with Crippen molar-refractivity contribution in [3.63, 3.8) is 0 Å². The van der Waals surface area contributed by atoms with Gasteiger partial charge in [0.05, 0.1) is 6.61 Å². The topological polar surface area (TPSA) is 32.7 Å². The van der Waals surface area contributed by atoms with E-state index < -0.39 is 0 Å². The first-order valence-corrected chi connectivity index (χ1v) is 8.89. The van der Waals surface area contributed by atoms with Crippen molar-refractivity contribution in [2.24, 2.45) is 0 Å². The van der Waals surface area contributed by atoms with Crippen molar-refractivity contribution in [1.82, 2.24) is 4.90 Å². The number of aliphatic hydroxyl groups excluding tert-OH is 1. The molecule has 0 aliphatic carbocycles. The number of benzene rings is 1. The second kappa shape index (κ2) is 9.86. The Morgan fingerprint density at radius 3 is 2.50 bits per heavy atom. The van der Waals surface area contributed by atoms with Gasteiger partial charge in [0.2, 0.25) is 0 Å². The van der Waals surface area contributed by atoms with Crippen molar-refractivity contribution in [1.29, 1.82) is 0 Å². The molecule has 0 spiro atoms. The number of hydrogen-bond acceptors (Lipinski definition) is 3. The summed E-state index contributed by atoms with van der Waals surface area (Å²) in [6.45, 7) is 6.42.